The summed E-state index contributed by atoms with van der Waals surface area (Å²) in [6, 6.07) is 0. The Balaban J connectivity index is 0.00000121. The molecule has 0 aliphatic carbocycles. The zero-order valence-electron chi connectivity index (χ0n) is 11.8. The second kappa shape index (κ2) is 11.9. The van der Waals surface area contributed by atoms with E-state index in [1.54, 1.807) is 0 Å². The van der Waals surface area contributed by atoms with Crippen LogP contribution in [0.15, 0.2) is 0 Å². The lowest BCUT2D eigenvalue weighted by molar-refractivity contribution is -0.889. The quantitative estimate of drug-likeness (QED) is 0.511. The normalized spacial score (nSPS) is 23.1. The lowest BCUT2D eigenvalue weighted by Crippen LogP contribution is -3.10. The molecule has 1 aliphatic heterocycles. The van der Waals surface area contributed by atoms with E-state index in [9.17, 15) is 0 Å². The molecule has 1 saturated heterocycles. The summed E-state index contributed by atoms with van der Waals surface area (Å²) in [4.78, 5) is 1.90. The lowest BCUT2D eigenvalue weighted by atomic mass is 10.0. The Bertz CT molecular complexity index is 177. The third-order valence-electron chi connectivity index (χ3n) is 3.83. The van der Waals surface area contributed by atoms with Crippen molar-refractivity contribution in [1.29, 1.82) is 5.26 Å². The van der Waals surface area contributed by atoms with Gasteiger partial charge in [-0.15, -0.1) is 0 Å². The summed E-state index contributed by atoms with van der Waals surface area (Å²) >= 11 is 0. The van der Waals surface area contributed by atoms with Crippen LogP contribution >= 0.6 is 0 Å². The van der Waals surface area contributed by atoms with E-state index >= 15 is 0 Å². The van der Waals surface area contributed by atoms with Crippen LogP contribution in [0.2, 0.25) is 0 Å². The average molecular weight is 238 g/mol. The average Bonchev–Trinajstić information content (AvgIpc) is 2.82. The van der Waals surface area contributed by atoms with Gasteiger partial charge < -0.3 is 16.7 Å². The van der Waals surface area contributed by atoms with Crippen molar-refractivity contribution in [3.05, 3.63) is 6.57 Å². The Morgan fingerprint density at radius 1 is 1.06 bits per heavy atom. The molecule has 0 saturated carbocycles. The first-order valence-corrected chi connectivity index (χ1v) is 7.42. The minimum Gasteiger partial charge on any atom is -0.512 e. The third-order valence-corrected chi connectivity index (χ3v) is 3.83. The van der Waals surface area contributed by atoms with Gasteiger partial charge in [-0.1, -0.05) is 39.5 Å². The number of nitrogens with zero attached hydrogens (tertiary/aromatic N) is 1. The van der Waals surface area contributed by atoms with Gasteiger partial charge in [0.2, 0.25) is 0 Å². The van der Waals surface area contributed by atoms with E-state index in [1.165, 1.54) is 71.0 Å². The van der Waals surface area contributed by atoms with E-state index in [4.69, 9.17) is 11.8 Å². The standard InChI is InChI=1S/C14H29N.CN/c1-3-5-7-8-11-15-12-10-14(13-15)9-6-4-2;1-2/h14H,3-13H2,1-2H3;/q;-1/p+1. The SMILES string of the molecule is CCCCCC[NH+]1CCC(CCCC)C1.[C-]#N. The molecule has 0 amide bonds. The lowest BCUT2D eigenvalue weighted by Gasteiger charge is -2.13. The van der Waals surface area contributed by atoms with Gasteiger partial charge in [-0.3, -0.25) is 0 Å². The van der Waals surface area contributed by atoms with Crippen LogP contribution in [0.1, 0.15) is 65.2 Å². The molecule has 2 nitrogen and oxygen atoms in total. The van der Waals surface area contributed by atoms with Crippen molar-refractivity contribution in [2.45, 2.75) is 65.2 Å². The molecule has 1 rings (SSSR count). The van der Waals surface area contributed by atoms with E-state index in [1.807, 2.05) is 4.90 Å². The maximum Gasteiger partial charge on any atom is 0.0801 e. The topological polar surface area (TPSA) is 28.2 Å². The zero-order valence-corrected chi connectivity index (χ0v) is 11.8. The van der Waals surface area contributed by atoms with Crippen LogP contribution in [0.5, 0.6) is 0 Å². The maximum atomic E-state index is 6.25. The Kier molecular flexibility index (Phi) is 11.5. The van der Waals surface area contributed by atoms with Gasteiger partial charge in [0.1, 0.15) is 0 Å². The fourth-order valence-electron chi connectivity index (χ4n) is 2.79. The Morgan fingerprint density at radius 2 is 1.76 bits per heavy atom. The summed E-state index contributed by atoms with van der Waals surface area (Å²) in [7, 11) is 0. The van der Waals surface area contributed by atoms with Gasteiger partial charge in [-0.2, -0.15) is 0 Å². The predicted molar refractivity (Wildman–Crippen MR) is 72.3 cm³/mol. The highest BCUT2D eigenvalue weighted by molar-refractivity contribution is 4.62. The molecule has 0 aromatic rings. The van der Waals surface area contributed by atoms with Crippen molar-refractivity contribution in [2.75, 3.05) is 19.6 Å². The number of unbranched alkanes of at least 4 members (excludes halogenated alkanes) is 4. The van der Waals surface area contributed by atoms with Crippen LogP contribution in [0.3, 0.4) is 0 Å². The molecule has 17 heavy (non-hydrogen) atoms. The third kappa shape index (κ3) is 8.21. The number of quaternary nitrogens is 1. The van der Waals surface area contributed by atoms with Gasteiger partial charge in [-0.25, -0.2) is 0 Å². The number of hydrogen-bond donors (Lipinski definition) is 1. The van der Waals surface area contributed by atoms with Crippen molar-refractivity contribution in [1.82, 2.24) is 0 Å². The molecule has 1 heterocycles. The number of hydrogen-bond acceptors (Lipinski definition) is 1. The Morgan fingerprint density at radius 3 is 2.41 bits per heavy atom. The van der Waals surface area contributed by atoms with Crippen LogP contribution in [-0.2, 0) is 0 Å². The number of nitrogens with one attached hydrogen (secondary N) is 1. The first-order chi connectivity index (χ1) is 8.36. The fraction of sp³-hybridized carbons (Fsp3) is 0.933. The summed E-state index contributed by atoms with van der Waals surface area (Å²) in [5, 5.41) is 6.25. The van der Waals surface area contributed by atoms with E-state index in [0.29, 0.717) is 0 Å². The zero-order chi connectivity index (χ0) is 12.9. The minimum absolute atomic E-state index is 1.06. The van der Waals surface area contributed by atoms with Gasteiger partial charge in [0, 0.05) is 12.3 Å². The second-order valence-corrected chi connectivity index (χ2v) is 5.31. The number of rotatable bonds is 8. The molecule has 1 N–H and O–H groups in total. The Hall–Kier alpha value is -0.550. The van der Waals surface area contributed by atoms with Crippen molar-refractivity contribution in [2.24, 2.45) is 5.92 Å². The van der Waals surface area contributed by atoms with E-state index < -0.39 is 0 Å². The van der Waals surface area contributed by atoms with Crippen LogP contribution in [0.25, 0.3) is 0 Å². The molecular formula is C15H30N2. The smallest absolute Gasteiger partial charge is 0.0801 e. The van der Waals surface area contributed by atoms with E-state index in [2.05, 4.69) is 13.8 Å². The highest BCUT2D eigenvalue weighted by atomic mass is 15.1. The molecule has 0 spiro atoms. The summed E-state index contributed by atoms with van der Waals surface area (Å²) in [6.07, 6.45) is 11.6. The fourth-order valence-corrected chi connectivity index (χ4v) is 2.79. The first-order valence-electron chi connectivity index (χ1n) is 7.42. The molecule has 1 fully saturated rings. The van der Waals surface area contributed by atoms with Gasteiger partial charge in [0.15, 0.2) is 0 Å². The highest BCUT2D eigenvalue weighted by Crippen LogP contribution is 2.13. The molecule has 0 aromatic heterocycles. The summed E-state index contributed by atoms with van der Waals surface area (Å²) in [5.41, 5.74) is 0. The van der Waals surface area contributed by atoms with E-state index in [-0.39, 0.29) is 0 Å². The molecule has 2 unspecified atom stereocenters. The number of likely N-dealkylation sites (tertiary alicyclic amines) is 1. The molecule has 1 aliphatic rings. The van der Waals surface area contributed by atoms with Gasteiger partial charge in [0.25, 0.3) is 0 Å². The minimum atomic E-state index is 1.06. The first kappa shape index (κ1) is 16.4. The summed E-state index contributed by atoms with van der Waals surface area (Å²) in [6.45, 7) is 13.7. The Labute approximate surface area is 108 Å². The molecule has 0 radical (unpaired) electrons. The summed E-state index contributed by atoms with van der Waals surface area (Å²) < 4.78 is 0. The van der Waals surface area contributed by atoms with Crippen LogP contribution in [-0.4, -0.2) is 19.6 Å². The summed E-state index contributed by atoms with van der Waals surface area (Å²) in [5.74, 6) is 1.06. The van der Waals surface area contributed by atoms with Crippen molar-refractivity contribution in [3.63, 3.8) is 0 Å². The van der Waals surface area contributed by atoms with E-state index in [0.717, 1.165) is 5.92 Å². The second-order valence-electron chi connectivity index (χ2n) is 5.31. The monoisotopic (exact) mass is 238 g/mol. The molecule has 0 bridgehead atoms. The van der Waals surface area contributed by atoms with Crippen LogP contribution in [0.4, 0.5) is 0 Å². The highest BCUT2D eigenvalue weighted by Gasteiger charge is 2.24. The molecular weight excluding hydrogens is 208 g/mol. The molecule has 2 atom stereocenters. The van der Waals surface area contributed by atoms with Crippen LogP contribution in [0, 0.1) is 17.8 Å². The molecule has 100 valence electrons. The maximum absolute atomic E-state index is 6.25. The predicted octanol–water partition coefficient (Wildman–Crippen LogP) is 2.76. The largest absolute Gasteiger partial charge is 0.512 e. The van der Waals surface area contributed by atoms with Crippen molar-refractivity contribution in [3.8, 4) is 0 Å². The van der Waals surface area contributed by atoms with Crippen molar-refractivity contribution >= 4 is 0 Å². The van der Waals surface area contributed by atoms with Crippen LogP contribution < -0.4 is 4.90 Å². The van der Waals surface area contributed by atoms with Crippen molar-refractivity contribution < 1.29 is 4.90 Å². The molecule has 0 aromatic carbocycles. The van der Waals surface area contributed by atoms with Gasteiger partial charge in [-0.05, 0) is 19.3 Å². The van der Waals surface area contributed by atoms with Gasteiger partial charge in [0.05, 0.1) is 19.6 Å². The van der Waals surface area contributed by atoms with Gasteiger partial charge >= 0.3 is 0 Å². The molecule has 2 heteroatoms.